The van der Waals surface area contributed by atoms with Crippen molar-refractivity contribution in [2.45, 2.75) is 17.7 Å². The molecule has 3 aromatic rings. The molecule has 0 bridgehead atoms. The molecule has 180 valence electrons. The number of carbonyl (C=O) groups is 1. The number of thiazole rings is 1. The highest BCUT2D eigenvalue weighted by Gasteiger charge is 2.24. The molecular weight excluding hydrogens is 484 g/mol. The van der Waals surface area contributed by atoms with Gasteiger partial charge in [-0.15, -0.1) is 0 Å². The summed E-state index contributed by atoms with van der Waals surface area (Å²) in [7, 11) is -3.66. The van der Waals surface area contributed by atoms with Crippen molar-refractivity contribution in [3.05, 3.63) is 64.5 Å². The lowest BCUT2D eigenvalue weighted by Gasteiger charge is -2.22. The number of halogens is 2. The number of ketones is 1. The maximum atomic E-state index is 14.0. The first-order valence-electron chi connectivity index (χ1n) is 10.6. The highest BCUT2D eigenvalue weighted by molar-refractivity contribution is 7.89. The molecule has 12 heteroatoms. The fraction of sp³-hybridized carbons (Fsp3) is 0.273. The Hall–Kier alpha value is -2.93. The van der Waals surface area contributed by atoms with Crippen LogP contribution >= 0.6 is 11.3 Å². The van der Waals surface area contributed by atoms with Gasteiger partial charge in [0.25, 0.3) is 0 Å². The number of hydrogen-bond acceptors (Lipinski definition) is 8. The summed E-state index contributed by atoms with van der Waals surface area (Å²) in [5.41, 5.74) is 5.61. The van der Waals surface area contributed by atoms with Crippen LogP contribution in [0, 0.1) is 17.6 Å². The Bertz CT molecular complexity index is 1270. The SMILES string of the molecule is Nc1nc(Nc2ccc(S(=O)(=O)NCC3CCCNC3)cc2)sc1C(=O)c1c(F)cccc1F. The number of nitrogens with one attached hydrogen (secondary N) is 3. The van der Waals surface area contributed by atoms with Crippen LogP contribution in [-0.2, 0) is 10.0 Å². The fourth-order valence-corrected chi connectivity index (χ4v) is 5.59. The molecule has 2 heterocycles. The van der Waals surface area contributed by atoms with Crippen molar-refractivity contribution < 1.29 is 22.0 Å². The Balaban J connectivity index is 1.44. The van der Waals surface area contributed by atoms with Crippen molar-refractivity contribution in [1.29, 1.82) is 0 Å². The average Bonchev–Trinajstić information content (AvgIpc) is 3.18. The molecule has 0 aliphatic carbocycles. The number of nitrogen functional groups attached to an aromatic ring is 1. The molecule has 1 aliphatic heterocycles. The highest BCUT2D eigenvalue weighted by atomic mass is 32.2. The first-order valence-corrected chi connectivity index (χ1v) is 12.9. The first-order chi connectivity index (χ1) is 16.2. The van der Waals surface area contributed by atoms with Crippen LogP contribution in [0.5, 0.6) is 0 Å². The molecule has 4 rings (SSSR count). The lowest BCUT2D eigenvalue weighted by molar-refractivity contribution is 0.103. The third kappa shape index (κ3) is 5.41. The van der Waals surface area contributed by atoms with E-state index in [1.807, 2.05) is 0 Å². The number of aromatic nitrogens is 1. The summed E-state index contributed by atoms with van der Waals surface area (Å²) < 4.78 is 55.8. The van der Waals surface area contributed by atoms with Crippen molar-refractivity contribution >= 4 is 43.8 Å². The number of nitrogens with two attached hydrogens (primary N) is 1. The minimum absolute atomic E-state index is 0.105. The van der Waals surface area contributed by atoms with Crippen molar-refractivity contribution in [3.8, 4) is 0 Å². The van der Waals surface area contributed by atoms with E-state index in [1.54, 1.807) is 12.1 Å². The van der Waals surface area contributed by atoms with Gasteiger partial charge in [-0.05, 0) is 68.2 Å². The minimum atomic E-state index is -3.66. The summed E-state index contributed by atoms with van der Waals surface area (Å²) in [6.07, 6.45) is 2.00. The van der Waals surface area contributed by atoms with Crippen LogP contribution in [0.1, 0.15) is 28.1 Å². The van der Waals surface area contributed by atoms with Gasteiger partial charge in [0.1, 0.15) is 22.3 Å². The van der Waals surface area contributed by atoms with Gasteiger partial charge in [0.05, 0.1) is 10.5 Å². The van der Waals surface area contributed by atoms with Crippen molar-refractivity contribution in [2.24, 2.45) is 5.92 Å². The maximum absolute atomic E-state index is 14.0. The van der Waals surface area contributed by atoms with E-state index in [0.29, 0.717) is 12.2 Å². The number of anilines is 3. The van der Waals surface area contributed by atoms with E-state index in [4.69, 9.17) is 5.73 Å². The van der Waals surface area contributed by atoms with Gasteiger partial charge in [-0.2, -0.15) is 0 Å². The van der Waals surface area contributed by atoms with Crippen LogP contribution in [-0.4, -0.2) is 38.8 Å². The van der Waals surface area contributed by atoms with E-state index in [1.165, 1.54) is 12.1 Å². The number of rotatable bonds is 8. The smallest absolute Gasteiger partial charge is 0.240 e. The summed E-state index contributed by atoms with van der Waals surface area (Å²) in [6, 6.07) is 9.13. The zero-order valence-corrected chi connectivity index (χ0v) is 19.6. The number of carbonyl (C=O) groups excluding carboxylic acids is 1. The fourth-order valence-electron chi connectivity index (χ4n) is 3.63. The van der Waals surface area contributed by atoms with Gasteiger partial charge in [-0.25, -0.2) is 26.9 Å². The molecule has 1 fully saturated rings. The topological polar surface area (TPSA) is 126 Å². The van der Waals surface area contributed by atoms with Crippen molar-refractivity contribution in [2.75, 3.05) is 30.7 Å². The molecule has 1 aromatic heterocycles. The van der Waals surface area contributed by atoms with Gasteiger partial charge in [-0.1, -0.05) is 17.4 Å². The predicted octanol–water partition coefficient (Wildman–Crippen LogP) is 3.26. The van der Waals surface area contributed by atoms with Crippen LogP contribution in [0.2, 0.25) is 0 Å². The van der Waals surface area contributed by atoms with Crippen LogP contribution in [0.3, 0.4) is 0 Å². The molecule has 1 atom stereocenters. The summed E-state index contributed by atoms with van der Waals surface area (Å²) in [4.78, 5) is 16.7. The molecule has 34 heavy (non-hydrogen) atoms. The van der Waals surface area contributed by atoms with Crippen LogP contribution in [0.15, 0.2) is 47.4 Å². The molecule has 0 saturated carbocycles. The van der Waals surface area contributed by atoms with Crippen molar-refractivity contribution in [3.63, 3.8) is 0 Å². The molecule has 0 radical (unpaired) electrons. The Labute approximate surface area is 199 Å². The quantitative estimate of drug-likeness (QED) is 0.345. The number of nitrogens with zero attached hydrogens (tertiary/aromatic N) is 1. The Kier molecular flexibility index (Phi) is 7.22. The summed E-state index contributed by atoms with van der Waals surface area (Å²) in [5, 5.41) is 6.40. The second-order valence-electron chi connectivity index (χ2n) is 7.87. The Morgan fingerprint density at radius 1 is 1.18 bits per heavy atom. The highest BCUT2D eigenvalue weighted by Crippen LogP contribution is 2.31. The average molecular weight is 508 g/mol. The zero-order valence-electron chi connectivity index (χ0n) is 18.0. The number of benzene rings is 2. The van der Waals surface area contributed by atoms with E-state index in [0.717, 1.165) is 55.5 Å². The Morgan fingerprint density at radius 2 is 1.88 bits per heavy atom. The van der Waals surface area contributed by atoms with Crippen LogP contribution in [0.25, 0.3) is 0 Å². The van der Waals surface area contributed by atoms with Gasteiger partial charge in [0.2, 0.25) is 15.8 Å². The van der Waals surface area contributed by atoms with Gasteiger partial charge in [0, 0.05) is 12.2 Å². The van der Waals surface area contributed by atoms with Crippen LogP contribution in [0.4, 0.5) is 25.4 Å². The summed E-state index contributed by atoms with van der Waals surface area (Å²) in [6.45, 7) is 2.11. The number of piperidine rings is 1. The maximum Gasteiger partial charge on any atom is 0.240 e. The van der Waals surface area contributed by atoms with Gasteiger partial charge >= 0.3 is 0 Å². The Morgan fingerprint density at radius 3 is 2.53 bits per heavy atom. The third-order valence-electron chi connectivity index (χ3n) is 5.43. The van der Waals surface area contributed by atoms with Crippen molar-refractivity contribution in [1.82, 2.24) is 15.0 Å². The summed E-state index contributed by atoms with van der Waals surface area (Å²) in [5.74, 6) is -2.79. The van der Waals surface area contributed by atoms with E-state index in [9.17, 15) is 22.0 Å². The lowest BCUT2D eigenvalue weighted by Crippen LogP contribution is -2.38. The summed E-state index contributed by atoms with van der Waals surface area (Å²) >= 11 is 0.842. The largest absolute Gasteiger partial charge is 0.382 e. The molecule has 5 N–H and O–H groups in total. The van der Waals surface area contributed by atoms with Crippen LogP contribution < -0.4 is 21.1 Å². The van der Waals surface area contributed by atoms with Gasteiger partial charge < -0.3 is 16.4 Å². The normalized spacial score (nSPS) is 16.4. The van der Waals surface area contributed by atoms with E-state index in [2.05, 4.69) is 20.3 Å². The number of hydrogen-bond donors (Lipinski definition) is 4. The monoisotopic (exact) mass is 507 g/mol. The van der Waals surface area contributed by atoms with E-state index in [-0.39, 0.29) is 26.6 Å². The second-order valence-corrected chi connectivity index (χ2v) is 10.6. The predicted molar refractivity (Wildman–Crippen MR) is 127 cm³/mol. The molecule has 1 unspecified atom stereocenters. The van der Waals surface area contributed by atoms with Gasteiger partial charge in [-0.3, -0.25) is 4.79 Å². The first kappa shape index (κ1) is 24.2. The number of sulfonamides is 1. The molecule has 0 spiro atoms. The molecule has 2 aromatic carbocycles. The molecule has 8 nitrogen and oxygen atoms in total. The van der Waals surface area contributed by atoms with Gasteiger partial charge in [0.15, 0.2) is 5.13 Å². The molecule has 1 saturated heterocycles. The second kappa shape index (κ2) is 10.1. The van der Waals surface area contributed by atoms with E-state index < -0.39 is 33.0 Å². The third-order valence-corrected chi connectivity index (χ3v) is 7.85. The zero-order chi connectivity index (χ0) is 24.3. The molecule has 1 aliphatic rings. The molecule has 0 amide bonds. The lowest BCUT2D eigenvalue weighted by atomic mass is 10.0. The molecular formula is C22H23F2N5O3S2. The standard InChI is InChI=1S/C22H23F2N5O3S2/c23-16-4-1-5-17(24)18(16)19(30)20-21(25)29-22(33-20)28-14-6-8-15(9-7-14)34(31,32)27-12-13-3-2-10-26-11-13/h1,4-9,13,26-27H,2-3,10-12,25H2,(H,28,29). The minimum Gasteiger partial charge on any atom is -0.382 e. The van der Waals surface area contributed by atoms with E-state index >= 15 is 0 Å².